The molecule has 0 aliphatic carbocycles. The van der Waals surface area contributed by atoms with Gasteiger partial charge in [-0.2, -0.15) is 4.68 Å². The third kappa shape index (κ3) is 2.87. The minimum Gasteiger partial charge on any atom is -0.457 e. The standard InChI is InChI=1S/C19H14N4O/c1-3-7-15(8-4-1)19-20-21-22-23(19)16-11-13-18(14-12-16)24-17-9-5-2-6-10-17/h1-14H. The van der Waals surface area contributed by atoms with E-state index >= 15 is 0 Å². The maximum Gasteiger partial charge on any atom is 0.187 e. The summed E-state index contributed by atoms with van der Waals surface area (Å²) in [5.41, 5.74) is 1.84. The summed E-state index contributed by atoms with van der Waals surface area (Å²) in [4.78, 5) is 0. The first-order valence-electron chi connectivity index (χ1n) is 7.57. The van der Waals surface area contributed by atoms with E-state index < -0.39 is 0 Å². The minimum absolute atomic E-state index is 0.701. The fraction of sp³-hybridized carbons (Fsp3) is 0. The Morgan fingerprint density at radius 2 is 1.29 bits per heavy atom. The Morgan fingerprint density at radius 3 is 2.00 bits per heavy atom. The van der Waals surface area contributed by atoms with Gasteiger partial charge < -0.3 is 4.74 Å². The molecule has 0 amide bonds. The van der Waals surface area contributed by atoms with E-state index in [4.69, 9.17) is 4.74 Å². The topological polar surface area (TPSA) is 52.8 Å². The summed E-state index contributed by atoms with van der Waals surface area (Å²) < 4.78 is 7.51. The molecule has 0 aliphatic rings. The molecule has 0 saturated heterocycles. The zero-order valence-corrected chi connectivity index (χ0v) is 12.8. The molecule has 0 spiro atoms. The van der Waals surface area contributed by atoms with Crippen LogP contribution in [0.1, 0.15) is 0 Å². The fourth-order valence-corrected chi connectivity index (χ4v) is 2.41. The quantitative estimate of drug-likeness (QED) is 0.568. The molecule has 116 valence electrons. The number of para-hydroxylation sites is 1. The molecule has 1 heterocycles. The molecule has 5 nitrogen and oxygen atoms in total. The molecule has 0 radical (unpaired) electrons. The zero-order chi connectivity index (χ0) is 16.2. The molecule has 5 heteroatoms. The molecule has 0 N–H and O–H groups in total. The van der Waals surface area contributed by atoms with E-state index in [1.165, 1.54) is 0 Å². The first kappa shape index (κ1) is 14.1. The average molecular weight is 314 g/mol. The summed E-state index contributed by atoms with van der Waals surface area (Å²) in [5.74, 6) is 2.27. The Labute approximate surface area is 139 Å². The molecule has 0 bridgehead atoms. The highest BCUT2D eigenvalue weighted by Gasteiger charge is 2.10. The summed E-state index contributed by atoms with van der Waals surface area (Å²) in [5, 5.41) is 12.0. The van der Waals surface area contributed by atoms with Gasteiger partial charge in [0.2, 0.25) is 0 Å². The fourth-order valence-electron chi connectivity index (χ4n) is 2.41. The van der Waals surface area contributed by atoms with Gasteiger partial charge in [0.25, 0.3) is 0 Å². The van der Waals surface area contributed by atoms with E-state index in [-0.39, 0.29) is 0 Å². The Morgan fingerprint density at radius 1 is 0.667 bits per heavy atom. The van der Waals surface area contributed by atoms with Crippen LogP contribution in [0.15, 0.2) is 84.9 Å². The lowest BCUT2D eigenvalue weighted by Crippen LogP contribution is -1.99. The number of hydrogen-bond donors (Lipinski definition) is 0. The van der Waals surface area contributed by atoms with Crippen LogP contribution < -0.4 is 4.74 Å². The summed E-state index contributed by atoms with van der Waals surface area (Å²) in [7, 11) is 0. The Bertz CT molecular complexity index is 919. The number of nitrogens with zero attached hydrogens (tertiary/aromatic N) is 4. The van der Waals surface area contributed by atoms with Crippen LogP contribution in [-0.4, -0.2) is 20.2 Å². The van der Waals surface area contributed by atoms with Crippen molar-refractivity contribution in [2.75, 3.05) is 0 Å². The third-order valence-electron chi connectivity index (χ3n) is 3.56. The van der Waals surface area contributed by atoms with Crippen LogP contribution in [0.2, 0.25) is 0 Å². The molecule has 4 rings (SSSR count). The van der Waals surface area contributed by atoms with E-state index in [0.717, 1.165) is 22.7 Å². The van der Waals surface area contributed by atoms with Crippen LogP contribution in [0.3, 0.4) is 0 Å². The lowest BCUT2D eigenvalue weighted by molar-refractivity contribution is 0.482. The highest BCUT2D eigenvalue weighted by Crippen LogP contribution is 2.24. The monoisotopic (exact) mass is 314 g/mol. The average Bonchev–Trinajstić information content (AvgIpc) is 3.14. The van der Waals surface area contributed by atoms with Gasteiger partial charge in [-0.15, -0.1) is 5.10 Å². The molecule has 4 aromatic rings. The van der Waals surface area contributed by atoms with Gasteiger partial charge in [-0.1, -0.05) is 48.5 Å². The lowest BCUT2D eigenvalue weighted by atomic mass is 10.2. The Hall–Kier alpha value is -3.47. The molecule has 0 fully saturated rings. The number of benzene rings is 3. The van der Waals surface area contributed by atoms with Crippen LogP contribution in [0.25, 0.3) is 17.1 Å². The molecule has 0 unspecified atom stereocenters. The van der Waals surface area contributed by atoms with Crippen molar-refractivity contribution in [2.24, 2.45) is 0 Å². The second-order valence-electron chi connectivity index (χ2n) is 5.19. The predicted molar refractivity (Wildman–Crippen MR) is 91.1 cm³/mol. The van der Waals surface area contributed by atoms with Crippen molar-refractivity contribution in [1.29, 1.82) is 0 Å². The van der Waals surface area contributed by atoms with Crippen molar-refractivity contribution in [2.45, 2.75) is 0 Å². The van der Waals surface area contributed by atoms with Crippen LogP contribution in [-0.2, 0) is 0 Å². The second kappa shape index (κ2) is 6.34. The highest BCUT2D eigenvalue weighted by molar-refractivity contribution is 5.57. The van der Waals surface area contributed by atoms with E-state index in [2.05, 4.69) is 15.5 Å². The van der Waals surface area contributed by atoms with Gasteiger partial charge >= 0.3 is 0 Å². The first-order valence-corrected chi connectivity index (χ1v) is 7.57. The Kier molecular flexibility index (Phi) is 3.73. The number of aromatic nitrogens is 4. The van der Waals surface area contributed by atoms with Gasteiger partial charge in [-0.05, 0) is 46.8 Å². The molecule has 0 atom stereocenters. The Balaban J connectivity index is 1.61. The van der Waals surface area contributed by atoms with Gasteiger partial charge in [0.1, 0.15) is 11.5 Å². The van der Waals surface area contributed by atoms with E-state index in [1.807, 2.05) is 84.9 Å². The largest absolute Gasteiger partial charge is 0.457 e. The van der Waals surface area contributed by atoms with Crippen LogP contribution >= 0.6 is 0 Å². The SMILES string of the molecule is c1ccc(Oc2ccc(-n3nnnc3-c3ccccc3)cc2)cc1. The minimum atomic E-state index is 0.701. The van der Waals surface area contributed by atoms with Gasteiger partial charge in [0, 0.05) is 5.56 Å². The molecule has 0 aliphatic heterocycles. The van der Waals surface area contributed by atoms with Gasteiger partial charge in [0.05, 0.1) is 5.69 Å². The smallest absolute Gasteiger partial charge is 0.187 e. The third-order valence-corrected chi connectivity index (χ3v) is 3.56. The number of tetrazole rings is 1. The summed E-state index contributed by atoms with van der Waals surface area (Å²) in [6.07, 6.45) is 0. The molecular weight excluding hydrogens is 300 g/mol. The van der Waals surface area contributed by atoms with Crippen molar-refractivity contribution < 1.29 is 4.74 Å². The first-order chi connectivity index (χ1) is 11.9. The van der Waals surface area contributed by atoms with Crippen LogP contribution in [0.5, 0.6) is 11.5 Å². The van der Waals surface area contributed by atoms with Crippen LogP contribution in [0.4, 0.5) is 0 Å². The van der Waals surface area contributed by atoms with E-state index in [9.17, 15) is 0 Å². The van der Waals surface area contributed by atoms with Crippen LogP contribution in [0, 0.1) is 0 Å². The maximum atomic E-state index is 5.80. The molecular formula is C19H14N4O. The van der Waals surface area contributed by atoms with E-state index in [1.54, 1.807) is 4.68 Å². The van der Waals surface area contributed by atoms with Crippen molar-refractivity contribution in [3.63, 3.8) is 0 Å². The van der Waals surface area contributed by atoms with Gasteiger partial charge in [0.15, 0.2) is 5.82 Å². The van der Waals surface area contributed by atoms with Crippen molar-refractivity contribution >= 4 is 0 Å². The molecule has 1 aromatic heterocycles. The van der Waals surface area contributed by atoms with Crippen molar-refractivity contribution in [1.82, 2.24) is 20.2 Å². The lowest BCUT2D eigenvalue weighted by Gasteiger charge is -2.08. The predicted octanol–water partition coefficient (Wildman–Crippen LogP) is 4.12. The second-order valence-corrected chi connectivity index (χ2v) is 5.19. The van der Waals surface area contributed by atoms with Crippen molar-refractivity contribution in [3.8, 4) is 28.6 Å². The normalized spacial score (nSPS) is 10.5. The highest BCUT2D eigenvalue weighted by atomic mass is 16.5. The summed E-state index contributed by atoms with van der Waals surface area (Å²) >= 11 is 0. The number of ether oxygens (including phenoxy) is 1. The molecule has 24 heavy (non-hydrogen) atoms. The van der Waals surface area contributed by atoms with Gasteiger partial charge in [-0.25, -0.2) is 0 Å². The maximum absolute atomic E-state index is 5.80. The zero-order valence-electron chi connectivity index (χ0n) is 12.8. The molecule has 0 saturated carbocycles. The van der Waals surface area contributed by atoms with Gasteiger partial charge in [-0.3, -0.25) is 0 Å². The van der Waals surface area contributed by atoms with E-state index in [0.29, 0.717) is 5.82 Å². The summed E-state index contributed by atoms with van der Waals surface area (Å²) in [6, 6.07) is 27.2. The number of rotatable bonds is 4. The van der Waals surface area contributed by atoms with Crippen molar-refractivity contribution in [3.05, 3.63) is 84.9 Å². The number of hydrogen-bond acceptors (Lipinski definition) is 4. The molecule has 3 aromatic carbocycles. The summed E-state index contributed by atoms with van der Waals surface area (Å²) in [6.45, 7) is 0.